The Hall–Kier alpha value is -1.35. The van der Waals surface area contributed by atoms with Crippen LogP contribution in [0.2, 0.25) is 0 Å². The largest absolute Gasteiger partial charge is 0.366 e. The first-order chi connectivity index (χ1) is 9.63. The van der Waals surface area contributed by atoms with Crippen LogP contribution in [0.15, 0.2) is 36.4 Å². The summed E-state index contributed by atoms with van der Waals surface area (Å²) < 4.78 is 0. The van der Waals surface area contributed by atoms with Gasteiger partial charge in [0.1, 0.15) is 0 Å². The Kier molecular flexibility index (Phi) is 5.18. The van der Waals surface area contributed by atoms with Crippen LogP contribution in [0.5, 0.6) is 0 Å². The van der Waals surface area contributed by atoms with Crippen molar-refractivity contribution in [3.8, 4) is 0 Å². The summed E-state index contributed by atoms with van der Waals surface area (Å²) in [6, 6.07) is 12.8. The zero-order valence-electron chi connectivity index (χ0n) is 12.4. The predicted octanol–water partition coefficient (Wildman–Crippen LogP) is 4.62. The highest BCUT2D eigenvalue weighted by atomic mass is 79.9. The normalized spacial score (nSPS) is 10.6. The van der Waals surface area contributed by atoms with E-state index >= 15 is 0 Å². The average Bonchev–Trinajstić information content (AvgIpc) is 2.45. The van der Waals surface area contributed by atoms with E-state index in [1.54, 1.807) is 0 Å². The summed E-state index contributed by atoms with van der Waals surface area (Å²) in [5, 5.41) is 0.877. The molecule has 0 unspecified atom stereocenters. The highest BCUT2D eigenvalue weighted by Crippen LogP contribution is 2.25. The number of halogens is 1. The van der Waals surface area contributed by atoms with Gasteiger partial charge in [-0.2, -0.15) is 0 Å². The first-order valence-corrected chi connectivity index (χ1v) is 8.09. The van der Waals surface area contributed by atoms with E-state index < -0.39 is 0 Å². The molecule has 0 fully saturated rings. The standard InChI is InChI=1S/C17H21BrN2/c1-4-20(12-16-7-5-6-14(3)19-16)17-9-8-13(2)10-15(17)11-18/h5-10H,4,11-12H2,1-3H3. The second-order valence-electron chi connectivity index (χ2n) is 5.05. The highest BCUT2D eigenvalue weighted by Gasteiger charge is 2.10. The maximum Gasteiger partial charge on any atom is 0.0602 e. The van der Waals surface area contributed by atoms with E-state index in [9.17, 15) is 0 Å². The molecule has 0 aliphatic heterocycles. The van der Waals surface area contributed by atoms with Gasteiger partial charge in [-0.05, 0) is 44.5 Å². The lowest BCUT2D eigenvalue weighted by Gasteiger charge is -2.25. The topological polar surface area (TPSA) is 16.1 Å². The summed E-state index contributed by atoms with van der Waals surface area (Å²) in [4.78, 5) is 6.98. The molecule has 0 spiro atoms. The number of alkyl halides is 1. The van der Waals surface area contributed by atoms with Gasteiger partial charge >= 0.3 is 0 Å². The van der Waals surface area contributed by atoms with Crippen molar-refractivity contribution in [2.24, 2.45) is 0 Å². The Morgan fingerprint density at radius 2 is 1.95 bits per heavy atom. The average molecular weight is 333 g/mol. The fraction of sp³-hybridized carbons (Fsp3) is 0.353. The number of nitrogens with zero attached hydrogens (tertiary/aromatic N) is 2. The number of hydrogen-bond acceptors (Lipinski definition) is 2. The number of rotatable bonds is 5. The van der Waals surface area contributed by atoms with Gasteiger partial charge in [-0.15, -0.1) is 0 Å². The molecule has 3 heteroatoms. The van der Waals surface area contributed by atoms with Crippen LogP contribution in [0, 0.1) is 13.8 Å². The van der Waals surface area contributed by atoms with Crippen molar-refractivity contribution in [1.29, 1.82) is 0 Å². The zero-order chi connectivity index (χ0) is 14.5. The maximum atomic E-state index is 4.61. The third kappa shape index (κ3) is 3.60. The number of aryl methyl sites for hydroxylation is 2. The van der Waals surface area contributed by atoms with Gasteiger partial charge in [0, 0.05) is 23.3 Å². The molecule has 0 aliphatic rings. The Balaban J connectivity index is 2.28. The quantitative estimate of drug-likeness (QED) is 0.742. The minimum Gasteiger partial charge on any atom is -0.366 e. The monoisotopic (exact) mass is 332 g/mol. The number of aromatic nitrogens is 1. The molecule has 1 aromatic heterocycles. The number of hydrogen-bond donors (Lipinski definition) is 0. The molecule has 0 radical (unpaired) electrons. The summed E-state index contributed by atoms with van der Waals surface area (Å²) in [6.07, 6.45) is 0. The first-order valence-electron chi connectivity index (χ1n) is 6.97. The Morgan fingerprint density at radius 1 is 1.15 bits per heavy atom. The molecule has 106 valence electrons. The van der Waals surface area contributed by atoms with Crippen molar-refractivity contribution < 1.29 is 0 Å². The minimum absolute atomic E-state index is 0.848. The fourth-order valence-corrected chi connectivity index (χ4v) is 2.83. The van der Waals surface area contributed by atoms with Gasteiger partial charge in [-0.1, -0.05) is 39.7 Å². The summed E-state index contributed by atoms with van der Waals surface area (Å²) in [7, 11) is 0. The number of benzene rings is 1. The van der Waals surface area contributed by atoms with Gasteiger partial charge in [0.25, 0.3) is 0 Å². The molecule has 0 saturated heterocycles. The highest BCUT2D eigenvalue weighted by molar-refractivity contribution is 9.08. The van der Waals surface area contributed by atoms with E-state index in [-0.39, 0.29) is 0 Å². The van der Waals surface area contributed by atoms with Gasteiger partial charge in [-0.3, -0.25) is 4.98 Å². The predicted molar refractivity (Wildman–Crippen MR) is 89.5 cm³/mol. The Morgan fingerprint density at radius 3 is 2.60 bits per heavy atom. The summed E-state index contributed by atoms with van der Waals surface area (Å²) >= 11 is 3.59. The molecule has 0 amide bonds. The lowest BCUT2D eigenvalue weighted by molar-refractivity contribution is 0.802. The van der Waals surface area contributed by atoms with Crippen LogP contribution in [-0.2, 0) is 11.9 Å². The molecule has 0 bridgehead atoms. The van der Waals surface area contributed by atoms with Crippen molar-refractivity contribution in [1.82, 2.24) is 4.98 Å². The van der Waals surface area contributed by atoms with E-state index in [1.807, 2.05) is 13.0 Å². The van der Waals surface area contributed by atoms with Gasteiger partial charge in [-0.25, -0.2) is 0 Å². The van der Waals surface area contributed by atoms with E-state index in [0.717, 1.165) is 29.8 Å². The van der Waals surface area contributed by atoms with Crippen molar-refractivity contribution in [3.63, 3.8) is 0 Å². The van der Waals surface area contributed by atoms with Crippen LogP contribution in [0.1, 0.15) is 29.4 Å². The second kappa shape index (κ2) is 6.89. The van der Waals surface area contributed by atoms with Crippen molar-refractivity contribution in [2.45, 2.75) is 32.6 Å². The van der Waals surface area contributed by atoms with Gasteiger partial charge in [0.05, 0.1) is 12.2 Å². The van der Waals surface area contributed by atoms with Gasteiger partial charge in [0.2, 0.25) is 0 Å². The SMILES string of the molecule is CCN(Cc1cccc(C)n1)c1ccc(C)cc1CBr. The molecule has 0 N–H and O–H groups in total. The number of pyridine rings is 1. The smallest absolute Gasteiger partial charge is 0.0602 e. The van der Waals surface area contributed by atoms with Gasteiger partial charge in [0.15, 0.2) is 0 Å². The van der Waals surface area contributed by atoms with Gasteiger partial charge < -0.3 is 4.90 Å². The number of anilines is 1. The third-order valence-electron chi connectivity index (χ3n) is 3.40. The molecule has 0 atom stereocenters. The molecule has 2 aromatic rings. The molecule has 0 aliphatic carbocycles. The lowest BCUT2D eigenvalue weighted by atomic mass is 10.1. The van der Waals surface area contributed by atoms with E-state index in [0.29, 0.717) is 0 Å². The molecule has 2 rings (SSSR count). The van der Waals surface area contributed by atoms with E-state index in [4.69, 9.17) is 0 Å². The molecule has 20 heavy (non-hydrogen) atoms. The lowest BCUT2D eigenvalue weighted by Crippen LogP contribution is -2.23. The second-order valence-corrected chi connectivity index (χ2v) is 5.61. The molecular weight excluding hydrogens is 312 g/mol. The minimum atomic E-state index is 0.848. The van der Waals surface area contributed by atoms with Crippen molar-refractivity contribution >= 4 is 21.6 Å². The summed E-state index contributed by atoms with van der Waals surface area (Å²) in [5.41, 5.74) is 6.11. The molecular formula is C17H21BrN2. The van der Waals surface area contributed by atoms with Crippen LogP contribution >= 0.6 is 15.9 Å². The third-order valence-corrected chi connectivity index (χ3v) is 4.00. The van der Waals surface area contributed by atoms with Crippen molar-refractivity contribution in [3.05, 3.63) is 58.9 Å². The Labute approximate surface area is 130 Å². The van der Waals surface area contributed by atoms with Crippen LogP contribution < -0.4 is 4.90 Å². The summed E-state index contributed by atoms with van der Waals surface area (Å²) in [6.45, 7) is 8.18. The van der Waals surface area contributed by atoms with Crippen molar-refractivity contribution in [2.75, 3.05) is 11.4 Å². The molecule has 1 heterocycles. The summed E-state index contributed by atoms with van der Waals surface area (Å²) in [5.74, 6) is 0. The molecule has 1 aromatic carbocycles. The first kappa shape index (κ1) is 15.0. The van der Waals surface area contributed by atoms with E-state index in [2.05, 4.69) is 70.0 Å². The zero-order valence-corrected chi connectivity index (χ0v) is 13.9. The maximum absolute atomic E-state index is 4.61. The van der Waals surface area contributed by atoms with Crippen LogP contribution in [-0.4, -0.2) is 11.5 Å². The van der Waals surface area contributed by atoms with Crippen LogP contribution in [0.4, 0.5) is 5.69 Å². The van der Waals surface area contributed by atoms with Crippen LogP contribution in [0.3, 0.4) is 0 Å². The Bertz CT molecular complexity index is 581. The van der Waals surface area contributed by atoms with E-state index in [1.165, 1.54) is 16.8 Å². The molecule has 0 saturated carbocycles. The van der Waals surface area contributed by atoms with Crippen LogP contribution in [0.25, 0.3) is 0 Å². The molecule has 2 nitrogen and oxygen atoms in total. The fourth-order valence-electron chi connectivity index (χ4n) is 2.38.